The van der Waals surface area contributed by atoms with Gasteiger partial charge in [0, 0.05) is 27.4 Å². The predicted octanol–water partition coefficient (Wildman–Crippen LogP) is 5.80. The van der Waals surface area contributed by atoms with E-state index in [4.69, 9.17) is 27.6 Å². The van der Waals surface area contributed by atoms with Crippen molar-refractivity contribution in [2.45, 2.75) is 0 Å². The number of anilines is 1. The van der Waals surface area contributed by atoms with Gasteiger partial charge in [0.2, 0.25) is 0 Å². The van der Waals surface area contributed by atoms with Crippen LogP contribution in [0.3, 0.4) is 0 Å². The summed E-state index contributed by atoms with van der Waals surface area (Å²) in [6.45, 7) is 0. The van der Waals surface area contributed by atoms with Gasteiger partial charge in [-0.2, -0.15) is 5.26 Å². The smallest absolute Gasteiger partial charge is 0.266 e. The van der Waals surface area contributed by atoms with Crippen LogP contribution in [0.25, 0.3) is 17.4 Å². The highest BCUT2D eigenvalue weighted by Crippen LogP contribution is 2.25. The number of rotatable bonds is 4. The van der Waals surface area contributed by atoms with Crippen molar-refractivity contribution < 1.29 is 9.21 Å². The molecular weight excluding hydrogens is 371 g/mol. The maximum atomic E-state index is 12.3. The van der Waals surface area contributed by atoms with Gasteiger partial charge in [-0.05, 0) is 60.7 Å². The monoisotopic (exact) mass is 382 g/mol. The summed E-state index contributed by atoms with van der Waals surface area (Å²) in [5, 5.41) is 13.1. The quantitative estimate of drug-likeness (QED) is 0.457. The summed E-state index contributed by atoms with van der Waals surface area (Å²) in [6.07, 6.45) is 1.39. The van der Waals surface area contributed by atoms with E-state index in [0.717, 1.165) is 5.56 Å². The van der Waals surface area contributed by atoms with E-state index in [1.165, 1.54) is 6.08 Å². The van der Waals surface area contributed by atoms with Gasteiger partial charge in [0.05, 0.1) is 0 Å². The van der Waals surface area contributed by atoms with Crippen LogP contribution in [0.15, 0.2) is 70.7 Å². The Kier molecular flexibility index (Phi) is 5.43. The van der Waals surface area contributed by atoms with Gasteiger partial charge in [0.15, 0.2) is 0 Å². The van der Waals surface area contributed by atoms with Crippen molar-refractivity contribution in [2.75, 3.05) is 5.32 Å². The molecule has 0 radical (unpaired) electrons. The van der Waals surface area contributed by atoms with Gasteiger partial charge >= 0.3 is 0 Å². The summed E-state index contributed by atoms with van der Waals surface area (Å²) in [6, 6.07) is 19.1. The number of amides is 1. The van der Waals surface area contributed by atoms with Crippen LogP contribution >= 0.6 is 23.2 Å². The van der Waals surface area contributed by atoms with Crippen LogP contribution in [0.1, 0.15) is 5.76 Å². The second kappa shape index (κ2) is 7.92. The van der Waals surface area contributed by atoms with Gasteiger partial charge in [-0.3, -0.25) is 4.79 Å². The van der Waals surface area contributed by atoms with E-state index in [-0.39, 0.29) is 5.57 Å². The van der Waals surface area contributed by atoms with Crippen LogP contribution in [0.2, 0.25) is 10.0 Å². The summed E-state index contributed by atoms with van der Waals surface area (Å²) in [5.74, 6) is 0.486. The Morgan fingerprint density at radius 1 is 0.962 bits per heavy atom. The van der Waals surface area contributed by atoms with Gasteiger partial charge in [0.1, 0.15) is 23.2 Å². The highest BCUT2D eigenvalue weighted by molar-refractivity contribution is 6.31. The minimum Gasteiger partial charge on any atom is -0.457 e. The molecule has 1 N–H and O–H groups in total. The molecule has 26 heavy (non-hydrogen) atoms. The maximum absolute atomic E-state index is 12.3. The number of nitrogens with zero attached hydrogens (tertiary/aromatic N) is 1. The SMILES string of the molecule is N#C/C(=C\c1ccc(-c2ccc(Cl)cc2)o1)C(=O)Nc1ccc(Cl)cc1. The molecule has 0 spiro atoms. The average molecular weight is 383 g/mol. The summed E-state index contributed by atoms with van der Waals surface area (Å²) < 4.78 is 5.69. The number of carbonyl (C=O) groups excluding carboxylic acids is 1. The van der Waals surface area contributed by atoms with E-state index in [1.807, 2.05) is 18.2 Å². The highest BCUT2D eigenvalue weighted by atomic mass is 35.5. The molecule has 6 heteroatoms. The molecule has 128 valence electrons. The lowest BCUT2D eigenvalue weighted by Crippen LogP contribution is -2.13. The molecule has 1 amide bonds. The van der Waals surface area contributed by atoms with Gasteiger partial charge in [0.25, 0.3) is 5.91 Å². The van der Waals surface area contributed by atoms with Gasteiger partial charge in [-0.15, -0.1) is 0 Å². The summed E-state index contributed by atoms with van der Waals surface area (Å²) in [5.41, 5.74) is 1.32. The summed E-state index contributed by atoms with van der Waals surface area (Å²) in [4.78, 5) is 12.3. The van der Waals surface area contributed by atoms with Crippen molar-refractivity contribution >= 4 is 40.9 Å². The molecule has 1 heterocycles. The minimum atomic E-state index is -0.528. The molecule has 0 aliphatic carbocycles. The number of hydrogen-bond donors (Lipinski definition) is 1. The van der Waals surface area contributed by atoms with E-state index >= 15 is 0 Å². The molecule has 0 saturated carbocycles. The lowest BCUT2D eigenvalue weighted by Gasteiger charge is -2.03. The van der Waals surface area contributed by atoms with Crippen LogP contribution in [-0.4, -0.2) is 5.91 Å². The number of hydrogen-bond acceptors (Lipinski definition) is 3. The van der Waals surface area contributed by atoms with E-state index in [1.54, 1.807) is 48.5 Å². The highest BCUT2D eigenvalue weighted by Gasteiger charge is 2.11. The summed E-state index contributed by atoms with van der Waals surface area (Å²) >= 11 is 11.7. The van der Waals surface area contributed by atoms with Crippen molar-refractivity contribution in [3.05, 3.63) is 82.0 Å². The van der Waals surface area contributed by atoms with Crippen molar-refractivity contribution in [1.82, 2.24) is 0 Å². The van der Waals surface area contributed by atoms with E-state index < -0.39 is 5.91 Å². The first kappa shape index (κ1) is 17.8. The predicted molar refractivity (Wildman–Crippen MR) is 103 cm³/mol. The fourth-order valence-electron chi connectivity index (χ4n) is 2.22. The van der Waals surface area contributed by atoms with Crippen molar-refractivity contribution in [3.63, 3.8) is 0 Å². The lowest BCUT2D eigenvalue weighted by atomic mass is 10.2. The van der Waals surface area contributed by atoms with Gasteiger partial charge in [-0.25, -0.2) is 0 Å². The fraction of sp³-hybridized carbons (Fsp3) is 0. The van der Waals surface area contributed by atoms with Crippen molar-refractivity contribution in [2.24, 2.45) is 0 Å². The Morgan fingerprint density at radius 2 is 1.58 bits per heavy atom. The largest absolute Gasteiger partial charge is 0.457 e. The van der Waals surface area contributed by atoms with Crippen LogP contribution in [0.5, 0.6) is 0 Å². The zero-order valence-electron chi connectivity index (χ0n) is 13.4. The van der Waals surface area contributed by atoms with E-state index in [0.29, 0.717) is 27.3 Å². The molecule has 0 atom stereocenters. The average Bonchev–Trinajstić information content (AvgIpc) is 3.11. The van der Waals surface area contributed by atoms with E-state index in [2.05, 4.69) is 5.32 Å². The molecule has 3 rings (SSSR count). The molecule has 1 aromatic heterocycles. The first-order chi connectivity index (χ1) is 12.5. The minimum absolute atomic E-state index is 0.0723. The van der Waals surface area contributed by atoms with Crippen molar-refractivity contribution in [1.29, 1.82) is 5.26 Å². The molecule has 0 aliphatic rings. The van der Waals surface area contributed by atoms with E-state index in [9.17, 15) is 10.1 Å². The Morgan fingerprint density at radius 3 is 2.19 bits per heavy atom. The van der Waals surface area contributed by atoms with Crippen LogP contribution in [0.4, 0.5) is 5.69 Å². The molecule has 0 aliphatic heterocycles. The van der Waals surface area contributed by atoms with Crippen LogP contribution < -0.4 is 5.32 Å². The van der Waals surface area contributed by atoms with Crippen molar-refractivity contribution in [3.8, 4) is 17.4 Å². The number of halogens is 2. The molecule has 0 unspecified atom stereocenters. The second-order valence-corrected chi connectivity index (χ2v) is 6.21. The molecular formula is C20H12Cl2N2O2. The second-order valence-electron chi connectivity index (χ2n) is 5.34. The Bertz CT molecular complexity index is 998. The third kappa shape index (κ3) is 4.34. The Hall–Kier alpha value is -3.00. The zero-order valence-corrected chi connectivity index (χ0v) is 14.9. The number of nitrogens with one attached hydrogen (secondary N) is 1. The standard InChI is InChI=1S/C20H12Cl2N2O2/c21-15-3-1-13(2-4-15)19-10-9-18(26-19)11-14(12-23)20(25)24-17-7-5-16(22)6-8-17/h1-11H,(H,24,25)/b14-11+. The van der Waals surface area contributed by atoms with Crippen LogP contribution in [0, 0.1) is 11.3 Å². The topological polar surface area (TPSA) is 66.0 Å². The fourth-order valence-corrected chi connectivity index (χ4v) is 2.47. The van der Waals surface area contributed by atoms with Crippen LogP contribution in [-0.2, 0) is 4.79 Å². The number of carbonyl (C=O) groups is 1. The lowest BCUT2D eigenvalue weighted by molar-refractivity contribution is -0.112. The molecule has 2 aromatic carbocycles. The third-order valence-electron chi connectivity index (χ3n) is 3.51. The maximum Gasteiger partial charge on any atom is 0.266 e. The van der Waals surface area contributed by atoms with Gasteiger partial charge < -0.3 is 9.73 Å². The normalized spacial score (nSPS) is 11.0. The Balaban J connectivity index is 1.78. The number of nitriles is 1. The molecule has 0 saturated heterocycles. The first-order valence-corrected chi connectivity index (χ1v) is 8.35. The molecule has 3 aromatic rings. The first-order valence-electron chi connectivity index (χ1n) is 7.59. The number of furan rings is 1. The number of benzene rings is 2. The summed E-state index contributed by atoms with van der Waals surface area (Å²) in [7, 11) is 0. The molecule has 4 nitrogen and oxygen atoms in total. The third-order valence-corrected chi connectivity index (χ3v) is 4.01. The Labute approximate surface area is 160 Å². The van der Waals surface area contributed by atoms with Gasteiger partial charge in [-0.1, -0.05) is 23.2 Å². The zero-order chi connectivity index (χ0) is 18.5. The molecule has 0 bridgehead atoms. The molecule has 0 fully saturated rings.